The Kier molecular flexibility index (Phi) is 5.59. The van der Waals surface area contributed by atoms with Crippen LogP contribution in [0.3, 0.4) is 0 Å². The molecule has 0 aliphatic carbocycles. The summed E-state index contributed by atoms with van der Waals surface area (Å²) >= 11 is 12.7. The monoisotopic (exact) mass is 507 g/mol. The van der Waals surface area contributed by atoms with Crippen LogP contribution in [0.15, 0.2) is 53.5 Å². The standard InChI is InChI=1S/C25H23Cl2N7O/c1-2-21-22-18(24(35)34(32-21)23-19(26)4-3-5-20(23)27)12-29-25(31-22)30-14-6-8-16(9-7-14)33-13-15-10-17(33)11-28-15/h3-9,12,15,17,28H,2,10-11,13H2,1H3,(H,29,30,31)/t15-,17-/m1/s1. The number of benzene rings is 2. The minimum absolute atomic E-state index is 0.342. The van der Waals surface area contributed by atoms with Crippen LogP contribution in [0.25, 0.3) is 16.6 Å². The number of fused-ring (bicyclic) bond motifs is 3. The molecule has 2 saturated heterocycles. The van der Waals surface area contributed by atoms with Crippen molar-refractivity contribution in [3.63, 3.8) is 0 Å². The lowest BCUT2D eigenvalue weighted by Gasteiger charge is -2.29. The molecule has 2 fully saturated rings. The first-order chi connectivity index (χ1) is 17.0. The summed E-state index contributed by atoms with van der Waals surface area (Å²) in [5.74, 6) is 0.402. The SMILES string of the molecule is CCc1nn(-c2c(Cl)cccc2Cl)c(=O)c2cnc(Nc3ccc(N4C[C@H]5C[C@@H]4CN5)cc3)nc12. The molecule has 0 amide bonds. The van der Waals surface area contributed by atoms with Crippen molar-refractivity contribution in [3.05, 3.63) is 74.8 Å². The molecule has 6 rings (SSSR count). The largest absolute Gasteiger partial charge is 0.366 e. The number of halogens is 2. The topological polar surface area (TPSA) is 88.0 Å². The molecule has 2 aromatic heterocycles. The Labute approximate surface area is 211 Å². The quantitative estimate of drug-likeness (QED) is 0.415. The third-order valence-electron chi connectivity index (χ3n) is 6.70. The van der Waals surface area contributed by atoms with E-state index in [2.05, 4.69) is 42.7 Å². The maximum Gasteiger partial charge on any atom is 0.282 e. The van der Waals surface area contributed by atoms with E-state index in [1.54, 1.807) is 18.2 Å². The van der Waals surface area contributed by atoms with Crippen molar-refractivity contribution in [2.45, 2.75) is 31.8 Å². The molecular formula is C25H23Cl2N7O. The number of nitrogens with zero attached hydrogens (tertiary/aromatic N) is 5. The molecule has 4 heterocycles. The fourth-order valence-electron chi connectivity index (χ4n) is 4.97. The smallest absolute Gasteiger partial charge is 0.282 e. The second kappa shape index (κ2) is 8.78. The van der Waals surface area contributed by atoms with Crippen LogP contribution in [0.4, 0.5) is 17.3 Å². The van der Waals surface area contributed by atoms with Gasteiger partial charge in [-0.3, -0.25) is 4.79 Å². The average molecular weight is 508 g/mol. The van der Waals surface area contributed by atoms with Gasteiger partial charge in [0.25, 0.3) is 5.56 Å². The predicted molar refractivity (Wildman–Crippen MR) is 140 cm³/mol. The molecule has 2 atom stereocenters. The number of piperazine rings is 1. The second-order valence-electron chi connectivity index (χ2n) is 8.86. The second-order valence-corrected chi connectivity index (χ2v) is 9.68. The predicted octanol–water partition coefficient (Wildman–Crippen LogP) is 4.34. The van der Waals surface area contributed by atoms with Crippen molar-refractivity contribution in [2.75, 3.05) is 23.3 Å². The fraction of sp³-hybridized carbons (Fsp3) is 0.280. The van der Waals surface area contributed by atoms with Crippen molar-refractivity contribution in [1.29, 1.82) is 0 Å². The number of rotatable bonds is 5. The maximum absolute atomic E-state index is 13.3. The van der Waals surface area contributed by atoms with Crippen LogP contribution >= 0.6 is 23.2 Å². The zero-order valence-electron chi connectivity index (χ0n) is 19.0. The molecule has 0 saturated carbocycles. The van der Waals surface area contributed by atoms with E-state index >= 15 is 0 Å². The Bertz CT molecular complexity index is 1470. The number of hydrogen-bond donors (Lipinski definition) is 2. The van der Waals surface area contributed by atoms with Gasteiger partial charge in [0.05, 0.1) is 21.1 Å². The van der Waals surface area contributed by atoms with Gasteiger partial charge < -0.3 is 15.5 Å². The summed E-state index contributed by atoms with van der Waals surface area (Å²) in [5.41, 5.74) is 3.22. The molecule has 4 aromatic rings. The minimum atomic E-state index is -0.377. The Morgan fingerprint density at radius 1 is 1.14 bits per heavy atom. The highest BCUT2D eigenvalue weighted by atomic mass is 35.5. The molecule has 2 N–H and O–H groups in total. The molecule has 0 radical (unpaired) electrons. The molecule has 0 spiro atoms. The highest BCUT2D eigenvalue weighted by Gasteiger charge is 2.37. The van der Waals surface area contributed by atoms with Crippen molar-refractivity contribution < 1.29 is 0 Å². The molecular weight excluding hydrogens is 485 g/mol. The molecule has 2 aromatic carbocycles. The summed E-state index contributed by atoms with van der Waals surface area (Å²) < 4.78 is 1.24. The van der Waals surface area contributed by atoms with Crippen LogP contribution < -0.4 is 21.1 Å². The zero-order chi connectivity index (χ0) is 24.1. The van der Waals surface area contributed by atoms with Crippen LogP contribution in [0.5, 0.6) is 0 Å². The van der Waals surface area contributed by atoms with Crippen molar-refractivity contribution in [2.24, 2.45) is 0 Å². The van der Waals surface area contributed by atoms with Gasteiger partial charge in [0, 0.05) is 42.7 Å². The normalized spacial score (nSPS) is 19.0. The molecule has 35 heavy (non-hydrogen) atoms. The molecule has 0 unspecified atom stereocenters. The van der Waals surface area contributed by atoms with E-state index in [4.69, 9.17) is 23.2 Å². The number of aromatic nitrogens is 4. The first kappa shape index (κ1) is 22.3. The fourth-order valence-corrected chi connectivity index (χ4v) is 5.53. The third-order valence-corrected chi connectivity index (χ3v) is 7.31. The van der Waals surface area contributed by atoms with E-state index in [0.29, 0.717) is 56.8 Å². The number of para-hydroxylation sites is 1. The number of hydrogen-bond acceptors (Lipinski definition) is 7. The van der Waals surface area contributed by atoms with Crippen LogP contribution in [0.1, 0.15) is 19.0 Å². The molecule has 178 valence electrons. The van der Waals surface area contributed by atoms with Crippen LogP contribution in [0.2, 0.25) is 10.0 Å². The summed E-state index contributed by atoms with van der Waals surface area (Å²) in [6, 6.07) is 14.5. The summed E-state index contributed by atoms with van der Waals surface area (Å²) in [7, 11) is 0. The summed E-state index contributed by atoms with van der Waals surface area (Å²) in [4.78, 5) is 24.8. The Morgan fingerprint density at radius 3 is 2.57 bits per heavy atom. The molecule has 10 heteroatoms. The van der Waals surface area contributed by atoms with Gasteiger partial charge in [0.15, 0.2) is 0 Å². The van der Waals surface area contributed by atoms with Crippen molar-refractivity contribution >= 4 is 51.4 Å². The third kappa shape index (κ3) is 3.91. The number of aryl methyl sites for hydroxylation is 1. The molecule has 2 aliphatic rings. The van der Waals surface area contributed by atoms with Gasteiger partial charge in [-0.05, 0) is 49.2 Å². The summed E-state index contributed by atoms with van der Waals surface area (Å²) in [6.45, 7) is 4.06. The van der Waals surface area contributed by atoms with E-state index < -0.39 is 0 Å². The highest BCUT2D eigenvalue weighted by molar-refractivity contribution is 6.37. The number of anilines is 3. The first-order valence-electron chi connectivity index (χ1n) is 11.6. The molecule has 2 aliphatic heterocycles. The average Bonchev–Trinajstić information content (AvgIpc) is 3.50. The van der Waals surface area contributed by atoms with Gasteiger partial charge in [0.2, 0.25) is 5.95 Å². The minimum Gasteiger partial charge on any atom is -0.366 e. The number of nitrogens with one attached hydrogen (secondary N) is 2. The van der Waals surface area contributed by atoms with Crippen LogP contribution in [-0.4, -0.2) is 44.9 Å². The lowest BCUT2D eigenvalue weighted by Crippen LogP contribution is -2.43. The highest BCUT2D eigenvalue weighted by Crippen LogP contribution is 2.31. The van der Waals surface area contributed by atoms with Gasteiger partial charge in [-0.25, -0.2) is 9.97 Å². The summed E-state index contributed by atoms with van der Waals surface area (Å²) in [5, 5.41) is 12.4. The van der Waals surface area contributed by atoms with Crippen molar-refractivity contribution in [1.82, 2.24) is 25.1 Å². The van der Waals surface area contributed by atoms with Gasteiger partial charge in [-0.1, -0.05) is 36.2 Å². The Balaban J connectivity index is 1.32. The Morgan fingerprint density at radius 2 is 1.91 bits per heavy atom. The van der Waals surface area contributed by atoms with E-state index in [1.807, 2.05) is 19.1 Å². The lowest BCUT2D eigenvalue weighted by molar-refractivity contribution is 0.580. The zero-order valence-corrected chi connectivity index (χ0v) is 20.5. The summed E-state index contributed by atoms with van der Waals surface area (Å²) in [6.07, 6.45) is 3.30. The van der Waals surface area contributed by atoms with E-state index in [-0.39, 0.29) is 5.56 Å². The van der Waals surface area contributed by atoms with Gasteiger partial charge in [0.1, 0.15) is 11.2 Å². The molecule has 2 bridgehead atoms. The lowest BCUT2D eigenvalue weighted by atomic mass is 10.2. The van der Waals surface area contributed by atoms with Crippen LogP contribution in [0, 0.1) is 0 Å². The van der Waals surface area contributed by atoms with Gasteiger partial charge in [-0.2, -0.15) is 9.78 Å². The Hall–Kier alpha value is -3.20. The van der Waals surface area contributed by atoms with Gasteiger partial charge in [-0.15, -0.1) is 0 Å². The van der Waals surface area contributed by atoms with E-state index in [0.717, 1.165) is 18.8 Å². The van der Waals surface area contributed by atoms with E-state index in [1.165, 1.54) is 23.0 Å². The molecule has 8 nitrogen and oxygen atoms in total. The van der Waals surface area contributed by atoms with E-state index in [9.17, 15) is 4.79 Å². The van der Waals surface area contributed by atoms with Crippen LogP contribution in [-0.2, 0) is 6.42 Å². The maximum atomic E-state index is 13.3. The van der Waals surface area contributed by atoms with Gasteiger partial charge >= 0.3 is 0 Å². The van der Waals surface area contributed by atoms with Crippen molar-refractivity contribution in [3.8, 4) is 5.69 Å². The first-order valence-corrected chi connectivity index (χ1v) is 12.4.